The van der Waals surface area contributed by atoms with Crippen LogP contribution in [0, 0.1) is 0 Å². The molecular formula is C20H19BiO. The number of hydrogen-bond acceptors (Lipinski definition) is 1. The standard InChI is InChI=1S/C8H9O.2C6H5.Bi/c1-9-7-8-5-3-2-4-6-8;2*1-2-4-6-5-3-1;/h3-6H,7H2,1H3;2*1-5H;. The second kappa shape index (κ2) is 7.67. The van der Waals surface area contributed by atoms with Gasteiger partial charge in [-0.15, -0.1) is 0 Å². The quantitative estimate of drug-likeness (QED) is 0.506. The molecule has 2 heteroatoms. The molecule has 0 saturated carbocycles. The van der Waals surface area contributed by atoms with E-state index in [9.17, 15) is 0 Å². The summed E-state index contributed by atoms with van der Waals surface area (Å²) >= 11 is -2.16. The first kappa shape index (κ1) is 15.4. The topological polar surface area (TPSA) is 9.23 Å². The summed E-state index contributed by atoms with van der Waals surface area (Å²) < 4.78 is 9.75. The van der Waals surface area contributed by atoms with Crippen LogP contribution in [0.5, 0.6) is 0 Å². The van der Waals surface area contributed by atoms with Gasteiger partial charge in [0, 0.05) is 0 Å². The van der Waals surface area contributed by atoms with Gasteiger partial charge in [-0.25, -0.2) is 0 Å². The molecule has 0 amide bonds. The van der Waals surface area contributed by atoms with Gasteiger partial charge >= 0.3 is 141 Å². The van der Waals surface area contributed by atoms with Gasteiger partial charge in [-0.1, -0.05) is 0 Å². The molecule has 1 nitrogen and oxygen atoms in total. The Morgan fingerprint density at radius 1 is 0.636 bits per heavy atom. The maximum absolute atomic E-state index is 5.21. The van der Waals surface area contributed by atoms with E-state index in [1.807, 2.05) is 0 Å². The zero-order valence-electron chi connectivity index (χ0n) is 12.6. The third kappa shape index (κ3) is 3.63. The van der Waals surface area contributed by atoms with Gasteiger partial charge in [-0.3, -0.25) is 0 Å². The molecule has 0 aliphatic rings. The van der Waals surface area contributed by atoms with Gasteiger partial charge in [-0.05, 0) is 0 Å². The molecule has 0 aromatic heterocycles. The van der Waals surface area contributed by atoms with Crippen LogP contribution in [-0.2, 0) is 11.3 Å². The molecule has 3 aromatic rings. The number of benzene rings is 3. The number of hydrogen-bond donors (Lipinski definition) is 0. The van der Waals surface area contributed by atoms with E-state index in [4.69, 9.17) is 4.74 Å². The van der Waals surface area contributed by atoms with E-state index < -0.39 is 21.8 Å². The second-order valence-corrected chi connectivity index (χ2v) is 13.7. The van der Waals surface area contributed by atoms with Crippen LogP contribution in [0.15, 0.2) is 84.9 Å². The molecule has 3 rings (SSSR count). The van der Waals surface area contributed by atoms with Crippen LogP contribution in [0.4, 0.5) is 0 Å². The molecule has 0 N–H and O–H groups in total. The Kier molecular flexibility index (Phi) is 5.37. The van der Waals surface area contributed by atoms with Crippen LogP contribution in [-0.4, -0.2) is 28.9 Å². The summed E-state index contributed by atoms with van der Waals surface area (Å²) in [6, 6.07) is 30.9. The predicted molar refractivity (Wildman–Crippen MR) is 94.7 cm³/mol. The Morgan fingerprint density at radius 2 is 1.09 bits per heavy atom. The Balaban J connectivity index is 2.02. The van der Waals surface area contributed by atoms with Gasteiger partial charge < -0.3 is 0 Å². The number of methoxy groups -OCH3 is 1. The molecule has 0 atom stereocenters. The predicted octanol–water partition coefficient (Wildman–Crippen LogP) is 2.35. The van der Waals surface area contributed by atoms with E-state index in [0.717, 1.165) is 0 Å². The van der Waals surface area contributed by atoms with E-state index >= 15 is 0 Å². The third-order valence-electron chi connectivity index (χ3n) is 3.53. The van der Waals surface area contributed by atoms with Crippen LogP contribution in [0.1, 0.15) is 5.56 Å². The average Bonchev–Trinajstić information content (AvgIpc) is 2.59. The Bertz CT molecular complexity index is 653. The molecule has 0 aliphatic carbocycles. The van der Waals surface area contributed by atoms with Crippen molar-refractivity contribution in [1.29, 1.82) is 0 Å². The van der Waals surface area contributed by atoms with Crippen molar-refractivity contribution in [2.45, 2.75) is 6.61 Å². The molecule has 0 spiro atoms. The molecule has 0 saturated heterocycles. The van der Waals surface area contributed by atoms with Crippen molar-refractivity contribution in [2.75, 3.05) is 7.11 Å². The normalized spacial score (nSPS) is 10.8. The summed E-state index contributed by atoms with van der Waals surface area (Å²) in [5.41, 5.74) is 1.23. The van der Waals surface area contributed by atoms with Gasteiger partial charge in [0.2, 0.25) is 0 Å². The molecule has 0 unspecified atom stereocenters. The first-order valence-electron chi connectivity index (χ1n) is 7.36. The molecule has 0 heterocycles. The van der Waals surface area contributed by atoms with Crippen LogP contribution in [0.3, 0.4) is 0 Å². The zero-order valence-corrected chi connectivity index (χ0v) is 16.1. The monoisotopic (exact) mass is 484 g/mol. The third-order valence-corrected chi connectivity index (χ3v) is 13.0. The SMILES string of the molecule is COCc1cc[c]([Bi]([c]2ccccc2)[c]2ccccc2)cc1. The van der Waals surface area contributed by atoms with Gasteiger partial charge in [0.15, 0.2) is 0 Å². The van der Waals surface area contributed by atoms with Crippen LogP contribution < -0.4 is 9.81 Å². The van der Waals surface area contributed by atoms with Crippen molar-refractivity contribution in [3.8, 4) is 0 Å². The van der Waals surface area contributed by atoms with Gasteiger partial charge in [0.25, 0.3) is 0 Å². The van der Waals surface area contributed by atoms with E-state index in [0.29, 0.717) is 6.61 Å². The van der Waals surface area contributed by atoms with Crippen LogP contribution in [0.2, 0.25) is 0 Å². The fourth-order valence-electron chi connectivity index (χ4n) is 2.51. The summed E-state index contributed by atoms with van der Waals surface area (Å²) in [5, 5.41) is 0. The van der Waals surface area contributed by atoms with Gasteiger partial charge in [0.05, 0.1) is 0 Å². The van der Waals surface area contributed by atoms with E-state index in [-0.39, 0.29) is 0 Å². The first-order valence-corrected chi connectivity index (χ1v) is 12.6. The summed E-state index contributed by atoms with van der Waals surface area (Å²) in [6.45, 7) is 0.677. The van der Waals surface area contributed by atoms with Crippen molar-refractivity contribution < 1.29 is 4.74 Å². The number of rotatable bonds is 5. The van der Waals surface area contributed by atoms with Crippen molar-refractivity contribution in [1.82, 2.24) is 0 Å². The second-order valence-electron chi connectivity index (χ2n) is 5.11. The zero-order chi connectivity index (χ0) is 15.2. The summed E-state index contributed by atoms with van der Waals surface area (Å²) in [4.78, 5) is 0. The van der Waals surface area contributed by atoms with E-state index in [2.05, 4.69) is 84.9 Å². The summed E-state index contributed by atoms with van der Waals surface area (Å²) in [6.07, 6.45) is 0. The van der Waals surface area contributed by atoms with Crippen molar-refractivity contribution in [3.05, 3.63) is 90.5 Å². The maximum atomic E-state index is 5.21. The summed E-state index contributed by atoms with van der Waals surface area (Å²) in [7, 11) is 1.74. The average molecular weight is 484 g/mol. The molecule has 110 valence electrons. The minimum absolute atomic E-state index is 0.677. The Morgan fingerprint density at radius 3 is 1.55 bits per heavy atom. The fourth-order valence-corrected chi connectivity index (χ4v) is 11.4. The van der Waals surface area contributed by atoms with Crippen molar-refractivity contribution >= 4 is 31.6 Å². The van der Waals surface area contributed by atoms with E-state index in [1.54, 1.807) is 7.11 Å². The van der Waals surface area contributed by atoms with Crippen molar-refractivity contribution in [2.24, 2.45) is 0 Å². The van der Waals surface area contributed by atoms with Gasteiger partial charge in [-0.2, -0.15) is 0 Å². The minimum atomic E-state index is -2.16. The molecule has 0 fully saturated rings. The first-order chi connectivity index (χ1) is 10.9. The molecule has 0 radical (unpaired) electrons. The molecule has 0 aliphatic heterocycles. The molecule has 3 aromatic carbocycles. The summed E-state index contributed by atoms with van der Waals surface area (Å²) in [5.74, 6) is 0. The molecule has 22 heavy (non-hydrogen) atoms. The Labute approximate surface area is 140 Å². The van der Waals surface area contributed by atoms with Gasteiger partial charge in [0.1, 0.15) is 0 Å². The number of ether oxygens (including phenoxy) is 1. The fraction of sp³-hybridized carbons (Fsp3) is 0.100. The molecule has 0 bridgehead atoms. The van der Waals surface area contributed by atoms with Crippen molar-refractivity contribution in [3.63, 3.8) is 0 Å². The van der Waals surface area contributed by atoms with Crippen LogP contribution >= 0.6 is 0 Å². The van der Waals surface area contributed by atoms with E-state index in [1.165, 1.54) is 15.4 Å². The Hall–Kier alpha value is -1.50. The molecular weight excluding hydrogens is 465 g/mol. The van der Waals surface area contributed by atoms with Crippen LogP contribution in [0.25, 0.3) is 0 Å².